The maximum absolute atomic E-state index is 4.15. The van der Waals surface area contributed by atoms with E-state index in [0.717, 1.165) is 6.04 Å². The van der Waals surface area contributed by atoms with Crippen molar-refractivity contribution in [1.82, 2.24) is 5.01 Å². The van der Waals surface area contributed by atoms with E-state index in [2.05, 4.69) is 10.1 Å². The standard InChI is InChI=1S/C7H14N2/c1-3-8-9(2)7-5-4-6-7/h3,7H,4-6H2,1-2H3/b8-3-. The van der Waals surface area contributed by atoms with E-state index in [1.165, 1.54) is 19.3 Å². The molecule has 2 heteroatoms. The van der Waals surface area contributed by atoms with Crippen LogP contribution in [0.2, 0.25) is 0 Å². The molecule has 1 saturated carbocycles. The Bertz CT molecular complexity index is 105. The molecular formula is C7H14N2. The molecule has 0 spiro atoms. The first-order valence-corrected chi connectivity index (χ1v) is 3.56. The van der Waals surface area contributed by atoms with E-state index in [1.54, 1.807) is 0 Å². The van der Waals surface area contributed by atoms with E-state index >= 15 is 0 Å². The second-order valence-corrected chi connectivity index (χ2v) is 2.53. The molecule has 0 bridgehead atoms. The van der Waals surface area contributed by atoms with Crippen molar-refractivity contribution >= 4 is 6.21 Å². The molecule has 1 aliphatic carbocycles. The molecule has 0 N–H and O–H groups in total. The van der Waals surface area contributed by atoms with Crippen LogP contribution in [0.25, 0.3) is 0 Å². The molecule has 0 amide bonds. The summed E-state index contributed by atoms with van der Waals surface area (Å²) in [5.74, 6) is 0. The Morgan fingerprint density at radius 1 is 1.56 bits per heavy atom. The summed E-state index contributed by atoms with van der Waals surface area (Å²) in [6.07, 6.45) is 5.88. The average Bonchev–Trinajstić information content (AvgIpc) is 1.60. The summed E-state index contributed by atoms with van der Waals surface area (Å²) in [7, 11) is 2.05. The van der Waals surface area contributed by atoms with Crippen LogP contribution in [0.15, 0.2) is 5.10 Å². The van der Waals surface area contributed by atoms with Gasteiger partial charge < -0.3 is 0 Å². The first kappa shape index (κ1) is 6.59. The highest BCUT2D eigenvalue weighted by Crippen LogP contribution is 2.23. The number of rotatable bonds is 2. The van der Waals surface area contributed by atoms with Gasteiger partial charge in [0.25, 0.3) is 0 Å². The van der Waals surface area contributed by atoms with E-state index in [0.29, 0.717) is 0 Å². The molecule has 0 aliphatic heterocycles. The number of hydrazone groups is 1. The molecule has 52 valence electrons. The molecule has 0 unspecified atom stereocenters. The molecule has 0 aromatic heterocycles. The zero-order chi connectivity index (χ0) is 6.69. The molecule has 0 aromatic carbocycles. The average molecular weight is 126 g/mol. The summed E-state index contributed by atoms with van der Waals surface area (Å²) in [4.78, 5) is 0. The molecule has 0 aromatic rings. The van der Waals surface area contributed by atoms with E-state index in [-0.39, 0.29) is 0 Å². The lowest BCUT2D eigenvalue weighted by atomic mass is 9.93. The maximum atomic E-state index is 4.15. The van der Waals surface area contributed by atoms with Gasteiger partial charge in [-0.3, -0.25) is 5.01 Å². The van der Waals surface area contributed by atoms with Gasteiger partial charge in [-0.15, -0.1) is 0 Å². The van der Waals surface area contributed by atoms with E-state index < -0.39 is 0 Å². The van der Waals surface area contributed by atoms with E-state index in [4.69, 9.17) is 0 Å². The van der Waals surface area contributed by atoms with Crippen LogP contribution >= 0.6 is 0 Å². The topological polar surface area (TPSA) is 15.6 Å². The Labute approximate surface area is 56.5 Å². The van der Waals surface area contributed by atoms with Crippen molar-refractivity contribution in [3.63, 3.8) is 0 Å². The SMILES string of the molecule is C/C=N\N(C)C1CCC1. The molecule has 0 radical (unpaired) electrons. The highest BCUT2D eigenvalue weighted by Gasteiger charge is 2.20. The van der Waals surface area contributed by atoms with Crippen LogP contribution in [0.4, 0.5) is 0 Å². The van der Waals surface area contributed by atoms with Gasteiger partial charge in [-0.2, -0.15) is 5.10 Å². The Kier molecular flexibility index (Phi) is 2.09. The van der Waals surface area contributed by atoms with Crippen molar-refractivity contribution in [3.8, 4) is 0 Å². The fourth-order valence-electron chi connectivity index (χ4n) is 1.04. The molecule has 1 fully saturated rings. The van der Waals surface area contributed by atoms with Gasteiger partial charge in [0.2, 0.25) is 0 Å². The van der Waals surface area contributed by atoms with Crippen LogP contribution in [-0.4, -0.2) is 24.3 Å². The smallest absolute Gasteiger partial charge is 0.0467 e. The van der Waals surface area contributed by atoms with Crippen LogP contribution in [0.3, 0.4) is 0 Å². The van der Waals surface area contributed by atoms with Crippen LogP contribution < -0.4 is 0 Å². The third-order valence-corrected chi connectivity index (χ3v) is 1.90. The minimum absolute atomic E-state index is 0.737. The lowest BCUT2D eigenvalue weighted by Gasteiger charge is -2.32. The lowest BCUT2D eigenvalue weighted by molar-refractivity contribution is 0.166. The Morgan fingerprint density at radius 3 is 2.56 bits per heavy atom. The molecule has 0 saturated heterocycles. The normalized spacial score (nSPS) is 20.2. The van der Waals surface area contributed by atoms with Gasteiger partial charge in [0.15, 0.2) is 0 Å². The highest BCUT2D eigenvalue weighted by atomic mass is 15.4. The van der Waals surface area contributed by atoms with E-state index in [9.17, 15) is 0 Å². The second-order valence-electron chi connectivity index (χ2n) is 2.53. The highest BCUT2D eigenvalue weighted by molar-refractivity contribution is 5.52. The Morgan fingerprint density at radius 2 is 2.22 bits per heavy atom. The minimum atomic E-state index is 0.737. The fraction of sp³-hybridized carbons (Fsp3) is 0.857. The lowest BCUT2D eigenvalue weighted by Crippen LogP contribution is -2.33. The number of hydrogen-bond donors (Lipinski definition) is 0. The predicted molar refractivity (Wildman–Crippen MR) is 39.6 cm³/mol. The van der Waals surface area contributed by atoms with Gasteiger partial charge in [-0.1, -0.05) is 0 Å². The quantitative estimate of drug-likeness (QED) is 0.404. The first-order valence-electron chi connectivity index (χ1n) is 3.56. The molecule has 1 aliphatic rings. The van der Waals surface area contributed by atoms with Crippen LogP contribution in [0.1, 0.15) is 26.2 Å². The largest absolute Gasteiger partial charge is 0.297 e. The third-order valence-electron chi connectivity index (χ3n) is 1.90. The van der Waals surface area contributed by atoms with Gasteiger partial charge >= 0.3 is 0 Å². The van der Waals surface area contributed by atoms with Crippen molar-refractivity contribution in [2.24, 2.45) is 5.10 Å². The number of nitrogens with zero attached hydrogens (tertiary/aromatic N) is 2. The van der Waals surface area contributed by atoms with Crippen molar-refractivity contribution in [3.05, 3.63) is 0 Å². The van der Waals surface area contributed by atoms with Gasteiger partial charge in [0, 0.05) is 19.3 Å². The monoisotopic (exact) mass is 126 g/mol. The molecule has 0 atom stereocenters. The maximum Gasteiger partial charge on any atom is 0.0467 e. The summed E-state index contributed by atoms with van der Waals surface area (Å²) < 4.78 is 0. The summed E-state index contributed by atoms with van der Waals surface area (Å²) in [5, 5.41) is 6.21. The number of hydrogen-bond acceptors (Lipinski definition) is 2. The van der Waals surface area contributed by atoms with Crippen molar-refractivity contribution in [2.45, 2.75) is 32.2 Å². The summed E-state index contributed by atoms with van der Waals surface area (Å²) in [6.45, 7) is 1.95. The molecule has 9 heavy (non-hydrogen) atoms. The van der Waals surface area contributed by atoms with E-state index in [1.807, 2.05) is 20.2 Å². The van der Waals surface area contributed by atoms with Gasteiger partial charge in [-0.05, 0) is 26.2 Å². The van der Waals surface area contributed by atoms with Gasteiger partial charge in [0.1, 0.15) is 0 Å². The fourth-order valence-corrected chi connectivity index (χ4v) is 1.04. The van der Waals surface area contributed by atoms with Gasteiger partial charge in [-0.25, -0.2) is 0 Å². The van der Waals surface area contributed by atoms with Crippen LogP contribution in [0.5, 0.6) is 0 Å². The van der Waals surface area contributed by atoms with Crippen molar-refractivity contribution in [2.75, 3.05) is 7.05 Å². The third kappa shape index (κ3) is 1.44. The summed E-state index contributed by atoms with van der Waals surface area (Å²) >= 11 is 0. The molecule has 1 rings (SSSR count). The van der Waals surface area contributed by atoms with Crippen molar-refractivity contribution < 1.29 is 0 Å². The molecular weight excluding hydrogens is 112 g/mol. The van der Waals surface area contributed by atoms with Gasteiger partial charge in [0.05, 0.1) is 0 Å². The van der Waals surface area contributed by atoms with Crippen LogP contribution in [0, 0.1) is 0 Å². The zero-order valence-electron chi connectivity index (χ0n) is 6.17. The minimum Gasteiger partial charge on any atom is -0.297 e. The summed E-state index contributed by atoms with van der Waals surface area (Å²) in [5.41, 5.74) is 0. The molecule has 0 heterocycles. The zero-order valence-corrected chi connectivity index (χ0v) is 6.17. The Hall–Kier alpha value is -0.530. The van der Waals surface area contributed by atoms with Crippen molar-refractivity contribution in [1.29, 1.82) is 0 Å². The Balaban J connectivity index is 2.23. The predicted octanol–water partition coefficient (Wildman–Crippen LogP) is 1.48. The molecule has 2 nitrogen and oxygen atoms in total. The first-order chi connectivity index (χ1) is 4.34. The van der Waals surface area contributed by atoms with Crippen LogP contribution in [-0.2, 0) is 0 Å². The summed E-state index contributed by atoms with van der Waals surface area (Å²) in [6, 6.07) is 0.737. The second kappa shape index (κ2) is 2.85.